The molecule has 0 aromatic heterocycles. The van der Waals surface area contributed by atoms with Crippen LogP contribution in [0.4, 0.5) is 13.2 Å². The van der Waals surface area contributed by atoms with Crippen molar-refractivity contribution in [3.8, 4) is 11.5 Å². The van der Waals surface area contributed by atoms with Crippen molar-refractivity contribution in [2.24, 2.45) is 5.10 Å². The van der Waals surface area contributed by atoms with E-state index in [1.54, 1.807) is 30.3 Å². The van der Waals surface area contributed by atoms with Gasteiger partial charge in [-0.2, -0.15) is 18.3 Å². The number of nitrogens with one attached hydrogen (secondary N) is 1. The zero-order valence-electron chi connectivity index (χ0n) is 17.8. The van der Waals surface area contributed by atoms with Gasteiger partial charge in [0.25, 0.3) is 5.91 Å². The number of alkyl halides is 3. The predicted molar refractivity (Wildman–Crippen MR) is 117 cm³/mol. The van der Waals surface area contributed by atoms with E-state index in [1.807, 2.05) is 0 Å². The van der Waals surface area contributed by atoms with Crippen LogP contribution in [0.3, 0.4) is 0 Å². The molecule has 0 aliphatic carbocycles. The number of carbonyl (C=O) groups is 2. The Morgan fingerprint density at radius 2 is 1.74 bits per heavy atom. The molecule has 0 spiro atoms. The summed E-state index contributed by atoms with van der Waals surface area (Å²) in [6, 6.07) is 15.1. The minimum Gasteiger partial charge on any atom is -0.493 e. The van der Waals surface area contributed by atoms with Crippen molar-refractivity contribution in [1.29, 1.82) is 0 Å². The highest BCUT2D eigenvalue weighted by molar-refractivity contribution is 5.95. The number of amides is 1. The van der Waals surface area contributed by atoms with Crippen molar-refractivity contribution in [2.45, 2.75) is 12.8 Å². The molecule has 176 valence electrons. The lowest BCUT2D eigenvalue weighted by Gasteiger charge is -2.11. The summed E-state index contributed by atoms with van der Waals surface area (Å²) in [4.78, 5) is 23.0. The number of hydrazone groups is 1. The number of hydrogen-bond donors (Lipinski definition) is 2. The number of rotatable bonds is 8. The number of ether oxygens (including phenoxy) is 2. The molecule has 3 aromatic carbocycles. The van der Waals surface area contributed by atoms with Crippen LogP contribution in [0.5, 0.6) is 11.5 Å². The maximum Gasteiger partial charge on any atom is 0.416 e. The Morgan fingerprint density at radius 3 is 2.38 bits per heavy atom. The van der Waals surface area contributed by atoms with Crippen molar-refractivity contribution in [3.05, 3.63) is 94.5 Å². The first-order chi connectivity index (χ1) is 16.2. The largest absolute Gasteiger partial charge is 0.493 e. The van der Waals surface area contributed by atoms with Crippen LogP contribution in [0.15, 0.2) is 71.8 Å². The molecule has 0 bridgehead atoms. The second kappa shape index (κ2) is 10.5. The van der Waals surface area contributed by atoms with Gasteiger partial charge < -0.3 is 14.6 Å². The summed E-state index contributed by atoms with van der Waals surface area (Å²) in [5.74, 6) is -0.995. The monoisotopic (exact) mass is 472 g/mol. The summed E-state index contributed by atoms with van der Waals surface area (Å²) in [5, 5.41) is 12.7. The van der Waals surface area contributed by atoms with Gasteiger partial charge in [-0.05, 0) is 59.7 Å². The molecule has 3 aromatic rings. The van der Waals surface area contributed by atoms with Gasteiger partial charge in [-0.3, -0.25) is 4.79 Å². The second-order valence-corrected chi connectivity index (χ2v) is 6.98. The first kappa shape index (κ1) is 24.3. The van der Waals surface area contributed by atoms with Gasteiger partial charge in [0.1, 0.15) is 6.61 Å². The van der Waals surface area contributed by atoms with Gasteiger partial charge >= 0.3 is 12.1 Å². The van der Waals surface area contributed by atoms with Crippen LogP contribution >= 0.6 is 0 Å². The van der Waals surface area contributed by atoms with Crippen molar-refractivity contribution >= 4 is 18.1 Å². The average Bonchev–Trinajstić information content (AvgIpc) is 2.82. The topological polar surface area (TPSA) is 97.2 Å². The second-order valence-electron chi connectivity index (χ2n) is 6.98. The minimum absolute atomic E-state index is 0.171. The van der Waals surface area contributed by atoms with Crippen molar-refractivity contribution in [2.75, 3.05) is 7.11 Å². The highest BCUT2D eigenvalue weighted by Crippen LogP contribution is 2.30. The Bertz CT molecular complexity index is 1210. The molecule has 0 saturated carbocycles. The summed E-state index contributed by atoms with van der Waals surface area (Å²) in [7, 11) is 1.44. The summed E-state index contributed by atoms with van der Waals surface area (Å²) < 4.78 is 49.4. The number of carbonyl (C=O) groups excluding carboxylic acids is 1. The van der Waals surface area contributed by atoms with E-state index in [4.69, 9.17) is 14.6 Å². The van der Waals surface area contributed by atoms with E-state index < -0.39 is 23.6 Å². The van der Waals surface area contributed by atoms with E-state index in [0.717, 1.165) is 23.8 Å². The first-order valence-corrected chi connectivity index (χ1v) is 9.81. The predicted octanol–water partition coefficient (Wildman–Crippen LogP) is 4.76. The quantitative estimate of drug-likeness (QED) is 0.364. The number of nitrogens with zero attached hydrogens (tertiary/aromatic N) is 1. The van der Waals surface area contributed by atoms with Crippen molar-refractivity contribution in [1.82, 2.24) is 5.43 Å². The number of benzene rings is 3. The SMILES string of the molecule is COc1cc(/C=N\NC(=O)c2cccc(C(F)(F)F)c2)ccc1OCc1ccc(C(=O)O)cc1. The summed E-state index contributed by atoms with van der Waals surface area (Å²) >= 11 is 0. The molecule has 0 aliphatic heterocycles. The van der Waals surface area contributed by atoms with E-state index in [2.05, 4.69) is 10.5 Å². The number of carboxylic acid groups (broad SMARTS) is 1. The molecule has 0 unspecified atom stereocenters. The van der Waals surface area contributed by atoms with Crippen LogP contribution in [0.2, 0.25) is 0 Å². The fraction of sp³-hybridized carbons (Fsp3) is 0.125. The molecule has 0 heterocycles. The van der Waals surface area contributed by atoms with Gasteiger partial charge in [0, 0.05) is 5.56 Å². The Hall–Kier alpha value is -4.34. The van der Waals surface area contributed by atoms with E-state index in [9.17, 15) is 22.8 Å². The van der Waals surface area contributed by atoms with E-state index >= 15 is 0 Å². The van der Waals surface area contributed by atoms with Crippen molar-refractivity contribution < 1.29 is 37.3 Å². The molecule has 2 N–H and O–H groups in total. The van der Waals surface area contributed by atoms with Crippen LogP contribution in [-0.4, -0.2) is 30.3 Å². The third-order valence-corrected chi connectivity index (χ3v) is 4.61. The normalized spacial score (nSPS) is 11.3. The number of hydrogen-bond acceptors (Lipinski definition) is 5. The summed E-state index contributed by atoms with van der Waals surface area (Å²) in [5.41, 5.74) is 2.55. The Kier molecular flexibility index (Phi) is 7.52. The van der Waals surface area contributed by atoms with Gasteiger partial charge in [0.05, 0.1) is 24.5 Å². The number of aromatic carboxylic acids is 1. The molecule has 1 amide bonds. The maximum atomic E-state index is 12.8. The highest BCUT2D eigenvalue weighted by atomic mass is 19.4. The zero-order chi connectivity index (χ0) is 24.7. The molecule has 0 fully saturated rings. The van der Waals surface area contributed by atoms with Gasteiger partial charge in [-0.15, -0.1) is 0 Å². The molecule has 0 radical (unpaired) electrons. The van der Waals surface area contributed by atoms with Gasteiger partial charge in [-0.25, -0.2) is 10.2 Å². The van der Waals surface area contributed by atoms with Crippen LogP contribution in [0.25, 0.3) is 0 Å². The fourth-order valence-corrected chi connectivity index (χ4v) is 2.86. The lowest BCUT2D eigenvalue weighted by Crippen LogP contribution is -2.18. The molecule has 0 saturated heterocycles. The highest BCUT2D eigenvalue weighted by Gasteiger charge is 2.30. The third kappa shape index (κ3) is 6.35. The number of carboxylic acids is 1. The Labute approximate surface area is 192 Å². The number of halogens is 3. The van der Waals surface area contributed by atoms with Gasteiger partial charge in [0.2, 0.25) is 0 Å². The first-order valence-electron chi connectivity index (χ1n) is 9.81. The molecule has 7 nitrogen and oxygen atoms in total. The molecule has 3 rings (SSSR count). The van der Waals surface area contributed by atoms with Crippen molar-refractivity contribution in [3.63, 3.8) is 0 Å². The Morgan fingerprint density at radius 1 is 1.00 bits per heavy atom. The van der Waals surface area contributed by atoms with Crippen LogP contribution in [0, 0.1) is 0 Å². The molecule has 34 heavy (non-hydrogen) atoms. The molecule has 0 aliphatic rings. The molecule has 10 heteroatoms. The lowest BCUT2D eigenvalue weighted by atomic mass is 10.1. The molecular weight excluding hydrogens is 453 g/mol. The van der Waals surface area contributed by atoms with Gasteiger partial charge in [0.15, 0.2) is 11.5 Å². The zero-order valence-corrected chi connectivity index (χ0v) is 17.8. The smallest absolute Gasteiger partial charge is 0.416 e. The average molecular weight is 472 g/mol. The van der Waals surface area contributed by atoms with E-state index in [-0.39, 0.29) is 17.7 Å². The fourth-order valence-electron chi connectivity index (χ4n) is 2.86. The van der Waals surface area contributed by atoms with Crippen LogP contribution in [0.1, 0.15) is 37.4 Å². The minimum atomic E-state index is -4.55. The third-order valence-electron chi connectivity index (χ3n) is 4.61. The van der Waals surface area contributed by atoms with E-state index in [0.29, 0.717) is 17.1 Å². The molecule has 0 atom stereocenters. The molecular formula is C24H19F3N2O5. The summed E-state index contributed by atoms with van der Waals surface area (Å²) in [6.45, 7) is 0.177. The number of methoxy groups -OCH3 is 1. The van der Waals surface area contributed by atoms with Gasteiger partial charge in [-0.1, -0.05) is 18.2 Å². The van der Waals surface area contributed by atoms with Crippen LogP contribution in [-0.2, 0) is 12.8 Å². The Balaban J connectivity index is 1.62. The standard InChI is InChI=1S/C24H19F3N2O5/c1-33-21-11-16(7-10-20(21)34-14-15-5-8-17(9-6-15)23(31)32)13-28-29-22(30)18-3-2-4-19(12-18)24(25,26)27/h2-13H,14H2,1H3,(H,29,30)(H,31,32)/b28-13-. The van der Waals surface area contributed by atoms with Crippen LogP contribution < -0.4 is 14.9 Å². The lowest BCUT2D eigenvalue weighted by molar-refractivity contribution is -0.137. The summed E-state index contributed by atoms with van der Waals surface area (Å²) in [6.07, 6.45) is -3.25. The van der Waals surface area contributed by atoms with E-state index in [1.165, 1.54) is 31.5 Å². The maximum absolute atomic E-state index is 12.8.